The van der Waals surface area contributed by atoms with E-state index in [4.69, 9.17) is 13.7 Å². The van der Waals surface area contributed by atoms with Gasteiger partial charge < -0.3 is 9.47 Å². The van der Waals surface area contributed by atoms with E-state index in [1.807, 2.05) is 0 Å². The van der Waals surface area contributed by atoms with E-state index in [9.17, 15) is 12.8 Å². The zero-order chi connectivity index (χ0) is 17.2. The van der Waals surface area contributed by atoms with Gasteiger partial charge in [0.05, 0.1) is 19.5 Å². The van der Waals surface area contributed by atoms with Gasteiger partial charge in [-0.05, 0) is 12.1 Å². The maximum absolute atomic E-state index is 13.2. The molecule has 0 saturated carbocycles. The second-order valence-electron chi connectivity index (χ2n) is 5.39. The van der Waals surface area contributed by atoms with Crippen molar-refractivity contribution >= 4 is 10.1 Å². The smallest absolute Gasteiger partial charge is 0.264 e. The summed E-state index contributed by atoms with van der Waals surface area (Å²) in [4.78, 5) is 3.87. The fourth-order valence-electron chi connectivity index (χ4n) is 2.40. The highest BCUT2D eigenvalue weighted by atomic mass is 32.2. The normalized spacial score (nSPS) is 24.3. The summed E-state index contributed by atoms with van der Waals surface area (Å²) in [6, 6.07) is 5.69. The monoisotopic (exact) mass is 357 g/mol. The highest BCUT2D eigenvalue weighted by Crippen LogP contribution is 2.36. The summed E-state index contributed by atoms with van der Waals surface area (Å²) in [6.07, 6.45) is 3.25. The molecule has 0 N–H and O–H groups in total. The van der Waals surface area contributed by atoms with Crippen LogP contribution in [0.2, 0.25) is 0 Å². The minimum Gasteiger partial charge on any atom is -0.342 e. The topological polar surface area (TPSA) is 92.5 Å². The quantitative estimate of drug-likeness (QED) is 0.701. The molecule has 130 valence electrons. The van der Waals surface area contributed by atoms with Crippen LogP contribution in [0.5, 0.6) is 0 Å². The highest BCUT2D eigenvalue weighted by Gasteiger charge is 2.44. The van der Waals surface area contributed by atoms with Gasteiger partial charge >= 0.3 is 0 Å². The predicted octanol–water partition coefficient (Wildman–Crippen LogP) is 0.662. The second kappa shape index (κ2) is 6.55. The van der Waals surface area contributed by atoms with Crippen molar-refractivity contribution in [1.29, 1.82) is 0 Å². The van der Waals surface area contributed by atoms with Gasteiger partial charge in [-0.15, -0.1) is 0 Å². The Bertz CT molecular complexity index is 781. The standard InChI is InChI=1S/C14H16FN3O5S/c1-24(19,20)22-7-13-6-21-14(23-13,8-18-10-16-9-17-18)11-2-4-12(15)5-3-11/h2-5,9-10,13H,6-8H2,1H3. The van der Waals surface area contributed by atoms with Crippen molar-refractivity contribution in [1.82, 2.24) is 14.8 Å². The van der Waals surface area contributed by atoms with Gasteiger partial charge in [0.2, 0.25) is 5.79 Å². The van der Waals surface area contributed by atoms with Gasteiger partial charge in [0.15, 0.2) is 0 Å². The Labute approximate surface area is 138 Å². The highest BCUT2D eigenvalue weighted by molar-refractivity contribution is 7.85. The minimum absolute atomic E-state index is 0.127. The fourth-order valence-corrected chi connectivity index (χ4v) is 2.80. The molecule has 2 unspecified atom stereocenters. The molecule has 2 atom stereocenters. The van der Waals surface area contributed by atoms with Crippen molar-refractivity contribution in [2.45, 2.75) is 18.4 Å². The van der Waals surface area contributed by atoms with Crippen molar-refractivity contribution < 1.29 is 26.5 Å². The van der Waals surface area contributed by atoms with E-state index in [0.29, 0.717) is 5.56 Å². The molecule has 1 aliphatic rings. The maximum Gasteiger partial charge on any atom is 0.264 e. The van der Waals surface area contributed by atoms with E-state index >= 15 is 0 Å². The summed E-state index contributed by atoms with van der Waals surface area (Å²) in [5.41, 5.74) is 0.584. The van der Waals surface area contributed by atoms with Crippen molar-refractivity contribution in [2.24, 2.45) is 0 Å². The van der Waals surface area contributed by atoms with Gasteiger partial charge in [0.1, 0.15) is 31.1 Å². The number of hydrogen-bond donors (Lipinski definition) is 0. The summed E-state index contributed by atoms with van der Waals surface area (Å²) in [7, 11) is -3.58. The molecule has 0 amide bonds. The lowest BCUT2D eigenvalue weighted by Gasteiger charge is -2.28. The van der Waals surface area contributed by atoms with Crippen LogP contribution < -0.4 is 0 Å². The van der Waals surface area contributed by atoms with Gasteiger partial charge in [-0.1, -0.05) is 12.1 Å². The third kappa shape index (κ3) is 3.96. The molecule has 0 aliphatic carbocycles. The molecule has 1 aromatic carbocycles. The minimum atomic E-state index is -3.58. The van der Waals surface area contributed by atoms with Gasteiger partial charge in [0, 0.05) is 5.56 Å². The molecule has 0 bridgehead atoms. The predicted molar refractivity (Wildman–Crippen MR) is 79.7 cm³/mol. The second-order valence-corrected chi connectivity index (χ2v) is 7.04. The zero-order valence-electron chi connectivity index (χ0n) is 12.8. The zero-order valence-corrected chi connectivity index (χ0v) is 13.6. The molecule has 2 aromatic rings. The molecule has 0 radical (unpaired) electrons. The molecule has 2 heterocycles. The number of benzene rings is 1. The number of ether oxygens (including phenoxy) is 2. The molecule has 8 nitrogen and oxygen atoms in total. The first kappa shape index (κ1) is 17.0. The molecule has 1 saturated heterocycles. The third-order valence-corrected chi connectivity index (χ3v) is 4.01. The first-order chi connectivity index (χ1) is 11.4. The summed E-state index contributed by atoms with van der Waals surface area (Å²) in [5, 5.41) is 4.02. The summed E-state index contributed by atoms with van der Waals surface area (Å²) >= 11 is 0. The van der Waals surface area contributed by atoms with Gasteiger partial charge in [0.25, 0.3) is 10.1 Å². The number of halogens is 1. The van der Waals surface area contributed by atoms with Crippen molar-refractivity contribution in [3.05, 3.63) is 48.3 Å². The summed E-state index contributed by atoms with van der Waals surface area (Å²) < 4.78 is 53.5. The summed E-state index contributed by atoms with van der Waals surface area (Å²) in [6.45, 7) is 0.134. The van der Waals surface area contributed by atoms with Crippen LogP contribution in [0.4, 0.5) is 4.39 Å². The van der Waals surface area contributed by atoms with E-state index in [1.54, 1.807) is 12.1 Å². The van der Waals surface area contributed by atoms with Crippen LogP contribution in [0, 0.1) is 5.82 Å². The SMILES string of the molecule is CS(=O)(=O)OCC1COC(Cn2cncn2)(c2ccc(F)cc2)O1. The molecule has 24 heavy (non-hydrogen) atoms. The molecule has 10 heteroatoms. The van der Waals surface area contributed by atoms with Crippen LogP contribution in [-0.4, -0.2) is 48.8 Å². The molecule has 0 spiro atoms. The van der Waals surface area contributed by atoms with Crippen LogP contribution in [-0.2, 0) is 36.1 Å². The van der Waals surface area contributed by atoms with Gasteiger partial charge in [-0.2, -0.15) is 13.5 Å². The Morgan fingerprint density at radius 2 is 2.17 bits per heavy atom. The first-order valence-corrected chi connectivity index (χ1v) is 8.93. The lowest BCUT2D eigenvalue weighted by atomic mass is 10.1. The first-order valence-electron chi connectivity index (χ1n) is 7.11. The van der Waals surface area contributed by atoms with E-state index < -0.39 is 22.0 Å². The van der Waals surface area contributed by atoms with Crippen LogP contribution in [0.1, 0.15) is 5.56 Å². The Morgan fingerprint density at radius 3 is 2.79 bits per heavy atom. The average molecular weight is 357 g/mol. The Hall–Kier alpha value is -1.88. The Morgan fingerprint density at radius 1 is 1.42 bits per heavy atom. The number of hydrogen-bond acceptors (Lipinski definition) is 7. The summed E-state index contributed by atoms with van der Waals surface area (Å²) in [5.74, 6) is -1.61. The van der Waals surface area contributed by atoms with E-state index in [0.717, 1.165) is 6.26 Å². The average Bonchev–Trinajstić information content (AvgIpc) is 3.16. The Kier molecular flexibility index (Phi) is 4.63. The third-order valence-electron chi connectivity index (χ3n) is 3.45. The largest absolute Gasteiger partial charge is 0.342 e. The Balaban J connectivity index is 1.82. The van der Waals surface area contributed by atoms with E-state index in [2.05, 4.69) is 10.1 Å². The molecule has 1 fully saturated rings. The number of aromatic nitrogens is 3. The number of rotatable bonds is 6. The molecular weight excluding hydrogens is 341 g/mol. The van der Waals surface area contributed by atoms with Crippen molar-refractivity contribution in [3.63, 3.8) is 0 Å². The van der Waals surface area contributed by atoms with Crippen molar-refractivity contribution in [3.8, 4) is 0 Å². The lowest BCUT2D eigenvalue weighted by Crippen LogP contribution is -2.34. The fraction of sp³-hybridized carbons (Fsp3) is 0.429. The maximum atomic E-state index is 13.2. The van der Waals surface area contributed by atoms with Gasteiger partial charge in [-0.3, -0.25) is 4.18 Å². The van der Waals surface area contributed by atoms with Crippen LogP contribution in [0.3, 0.4) is 0 Å². The number of nitrogens with zero attached hydrogens (tertiary/aromatic N) is 3. The van der Waals surface area contributed by atoms with Crippen LogP contribution >= 0.6 is 0 Å². The van der Waals surface area contributed by atoms with Crippen LogP contribution in [0.15, 0.2) is 36.9 Å². The lowest BCUT2D eigenvalue weighted by molar-refractivity contribution is -0.190. The molecular formula is C14H16FN3O5S. The molecule has 3 rings (SSSR count). The molecule has 1 aliphatic heterocycles. The van der Waals surface area contributed by atoms with E-state index in [1.165, 1.54) is 29.5 Å². The van der Waals surface area contributed by atoms with E-state index in [-0.39, 0.29) is 25.6 Å². The van der Waals surface area contributed by atoms with Crippen molar-refractivity contribution in [2.75, 3.05) is 19.5 Å². The van der Waals surface area contributed by atoms with Crippen LogP contribution in [0.25, 0.3) is 0 Å². The van der Waals surface area contributed by atoms with Gasteiger partial charge in [-0.25, -0.2) is 14.1 Å². The molecule has 1 aromatic heterocycles.